The molecule has 0 unspecified atom stereocenters. The number of amides is 1. The Bertz CT molecular complexity index is 229. The summed E-state index contributed by atoms with van der Waals surface area (Å²) < 4.78 is 0. The first kappa shape index (κ1) is 10.9. The van der Waals surface area contributed by atoms with Crippen LogP contribution >= 0.6 is 0 Å². The number of carbonyl (C=O) groups excluding carboxylic acids is 2. The molecule has 0 aromatic heterocycles. The molecule has 3 heteroatoms. The fourth-order valence-corrected chi connectivity index (χ4v) is 0.835. The van der Waals surface area contributed by atoms with Crippen LogP contribution < -0.4 is 5.32 Å². The Morgan fingerprint density at radius 3 is 2.08 bits per heavy atom. The van der Waals surface area contributed by atoms with Crippen molar-refractivity contribution in [3.8, 4) is 0 Å². The lowest BCUT2D eigenvalue weighted by atomic mass is 10.0. The van der Waals surface area contributed by atoms with E-state index >= 15 is 0 Å². The lowest BCUT2D eigenvalue weighted by Crippen LogP contribution is -2.31. The molecule has 68 valence electrons. The van der Waals surface area contributed by atoms with E-state index in [2.05, 4.69) is 5.32 Å². The summed E-state index contributed by atoms with van der Waals surface area (Å²) in [4.78, 5) is 21.6. The quantitative estimate of drug-likeness (QED) is 0.557. The van der Waals surface area contributed by atoms with Crippen LogP contribution in [0.15, 0.2) is 11.3 Å². The first-order valence-electron chi connectivity index (χ1n) is 4.12. The standard InChI is InChI=1S/C7H9NO2.C2H6/c1-4-5(2)8-7(10)3-6(4)9;1-2/h3H2,1-2H3,(H,8,10);1-2H3. The lowest BCUT2D eigenvalue weighted by Gasteiger charge is -2.13. The molecular weight excluding hydrogens is 154 g/mol. The van der Waals surface area contributed by atoms with Crippen molar-refractivity contribution in [3.05, 3.63) is 11.3 Å². The minimum absolute atomic E-state index is 0.00315. The summed E-state index contributed by atoms with van der Waals surface area (Å²) in [7, 11) is 0. The van der Waals surface area contributed by atoms with Gasteiger partial charge in [-0.15, -0.1) is 0 Å². The second kappa shape index (κ2) is 4.70. The monoisotopic (exact) mass is 169 g/mol. The van der Waals surface area contributed by atoms with Crippen LogP contribution in [0.25, 0.3) is 0 Å². The Balaban J connectivity index is 0.000000561. The van der Waals surface area contributed by atoms with Gasteiger partial charge in [0.2, 0.25) is 5.91 Å². The van der Waals surface area contributed by atoms with Crippen LogP contribution in [0, 0.1) is 0 Å². The maximum atomic E-state index is 10.9. The molecule has 12 heavy (non-hydrogen) atoms. The van der Waals surface area contributed by atoms with Crippen molar-refractivity contribution in [1.29, 1.82) is 0 Å². The Morgan fingerprint density at radius 1 is 1.17 bits per heavy atom. The number of allylic oxidation sites excluding steroid dienone is 2. The van der Waals surface area contributed by atoms with Crippen molar-refractivity contribution in [2.75, 3.05) is 0 Å². The molecule has 3 nitrogen and oxygen atoms in total. The Hall–Kier alpha value is -1.12. The fourth-order valence-electron chi connectivity index (χ4n) is 0.835. The first-order chi connectivity index (χ1) is 5.61. The molecule has 0 saturated carbocycles. The molecule has 1 aliphatic heterocycles. The third-order valence-electron chi connectivity index (χ3n) is 1.63. The second-order valence-corrected chi connectivity index (χ2v) is 2.40. The summed E-state index contributed by atoms with van der Waals surface area (Å²) in [5.41, 5.74) is 1.35. The molecular formula is C9H15NO2. The number of Topliss-reactive ketones (excluding diaryl/α,β-unsaturated/α-hetero) is 1. The predicted octanol–water partition coefficient (Wildman–Crippen LogP) is 1.40. The summed E-state index contributed by atoms with van der Waals surface area (Å²) in [5.74, 6) is -0.269. The van der Waals surface area contributed by atoms with Gasteiger partial charge in [0.25, 0.3) is 0 Å². The van der Waals surface area contributed by atoms with Crippen LogP contribution in [0.1, 0.15) is 34.1 Å². The second-order valence-electron chi connectivity index (χ2n) is 2.40. The Kier molecular flexibility index (Phi) is 4.26. The number of hydrogen-bond donors (Lipinski definition) is 1. The molecule has 0 aromatic rings. The summed E-state index contributed by atoms with van der Waals surface area (Å²) in [6, 6.07) is 0. The van der Waals surface area contributed by atoms with Crippen LogP contribution in [-0.4, -0.2) is 11.7 Å². The average molecular weight is 169 g/mol. The van der Waals surface area contributed by atoms with E-state index in [0.29, 0.717) is 11.3 Å². The van der Waals surface area contributed by atoms with Crippen LogP contribution in [0.5, 0.6) is 0 Å². The van der Waals surface area contributed by atoms with Gasteiger partial charge in [0, 0.05) is 11.3 Å². The van der Waals surface area contributed by atoms with E-state index in [0.717, 1.165) is 0 Å². The molecule has 0 bridgehead atoms. The van der Waals surface area contributed by atoms with Gasteiger partial charge in [-0.1, -0.05) is 13.8 Å². The van der Waals surface area contributed by atoms with E-state index in [-0.39, 0.29) is 18.1 Å². The highest BCUT2D eigenvalue weighted by molar-refractivity contribution is 6.10. The van der Waals surface area contributed by atoms with E-state index in [1.807, 2.05) is 13.8 Å². The number of carbonyl (C=O) groups is 2. The smallest absolute Gasteiger partial charge is 0.231 e. The van der Waals surface area contributed by atoms with Crippen molar-refractivity contribution in [3.63, 3.8) is 0 Å². The summed E-state index contributed by atoms with van der Waals surface area (Å²) in [6.45, 7) is 7.45. The van der Waals surface area contributed by atoms with E-state index in [9.17, 15) is 9.59 Å². The van der Waals surface area contributed by atoms with Gasteiger partial charge in [0.1, 0.15) is 0 Å². The largest absolute Gasteiger partial charge is 0.329 e. The van der Waals surface area contributed by atoms with Crippen LogP contribution in [0.4, 0.5) is 0 Å². The zero-order valence-electron chi connectivity index (χ0n) is 8.02. The maximum absolute atomic E-state index is 10.9. The minimum Gasteiger partial charge on any atom is -0.329 e. The van der Waals surface area contributed by atoms with E-state index in [1.54, 1.807) is 13.8 Å². The average Bonchev–Trinajstić information content (AvgIpc) is 2.04. The highest BCUT2D eigenvalue weighted by Gasteiger charge is 2.18. The van der Waals surface area contributed by atoms with Gasteiger partial charge < -0.3 is 5.32 Å². The fraction of sp³-hybridized carbons (Fsp3) is 0.556. The zero-order valence-corrected chi connectivity index (χ0v) is 8.02. The predicted molar refractivity (Wildman–Crippen MR) is 47.5 cm³/mol. The van der Waals surface area contributed by atoms with Gasteiger partial charge >= 0.3 is 0 Å². The van der Waals surface area contributed by atoms with E-state index < -0.39 is 0 Å². The molecule has 1 aliphatic rings. The molecule has 0 radical (unpaired) electrons. The lowest BCUT2D eigenvalue weighted by molar-refractivity contribution is -0.127. The van der Waals surface area contributed by atoms with Gasteiger partial charge in [-0.2, -0.15) is 0 Å². The molecule has 0 spiro atoms. The molecule has 0 fully saturated rings. The summed E-state index contributed by atoms with van der Waals surface area (Å²) in [6.07, 6.45) is 0.00315. The van der Waals surface area contributed by atoms with Crippen molar-refractivity contribution in [1.82, 2.24) is 5.32 Å². The molecule has 1 amide bonds. The summed E-state index contributed by atoms with van der Waals surface area (Å²) >= 11 is 0. The van der Waals surface area contributed by atoms with Crippen molar-refractivity contribution in [2.45, 2.75) is 34.1 Å². The first-order valence-corrected chi connectivity index (χ1v) is 4.12. The van der Waals surface area contributed by atoms with Crippen LogP contribution in [0.2, 0.25) is 0 Å². The minimum atomic E-state index is -0.201. The van der Waals surface area contributed by atoms with Gasteiger partial charge in [0.15, 0.2) is 5.78 Å². The van der Waals surface area contributed by atoms with E-state index in [1.165, 1.54) is 0 Å². The molecule has 0 atom stereocenters. The highest BCUT2D eigenvalue weighted by Crippen LogP contribution is 2.09. The maximum Gasteiger partial charge on any atom is 0.231 e. The van der Waals surface area contributed by atoms with Crippen LogP contribution in [-0.2, 0) is 9.59 Å². The van der Waals surface area contributed by atoms with Crippen LogP contribution in [0.3, 0.4) is 0 Å². The highest BCUT2D eigenvalue weighted by atomic mass is 16.2. The normalized spacial score (nSPS) is 16.7. The van der Waals surface area contributed by atoms with Crippen molar-refractivity contribution < 1.29 is 9.59 Å². The van der Waals surface area contributed by atoms with Gasteiger partial charge in [-0.3, -0.25) is 9.59 Å². The zero-order chi connectivity index (χ0) is 9.72. The number of nitrogens with one attached hydrogen (secondary N) is 1. The third-order valence-corrected chi connectivity index (χ3v) is 1.63. The SMILES string of the molecule is CC.CC1=C(C)C(=O)CC(=O)N1. The van der Waals surface area contributed by atoms with Gasteiger partial charge in [-0.25, -0.2) is 0 Å². The van der Waals surface area contributed by atoms with E-state index in [4.69, 9.17) is 0 Å². The molecule has 0 saturated heterocycles. The Labute approximate surface area is 72.8 Å². The van der Waals surface area contributed by atoms with Gasteiger partial charge in [0.05, 0.1) is 6.42 Å². The summed E-state index contributed by atoms with van der Waals surface area (Å²) in [5, 5.41) is 2.58. The molecule has 1 rings (SSSR count). The molecule has 1 N–H and O–H groups in total. The van der Waals surface area contributed by atoms with Crippen molar-refractivity contribution >= 4 is 11.7 Å². The Morgan fingerprint density at radius 2 is 1.67 bits per heavy atom. The topological polar surface area (TPSA) is 46.2 Å². The third kappa shape index (κ3) is 2.49. The molecule has 0 aromatic carbocycles. The van der Waals surface area contributed by atoms with Crippen molar-refractivity contribution in [2.24, 2.45) is 0 Å². The number of rotatable bonds is 0. The number of hydrogen-bond acceptors (Lipinski definition) is 2. The van der Waals surface area contributed by atoms with Gasteiger partial charge in [-0.05, 0) is 13.8 Å². The molecule has 1 heterocycles. The number of ketones is 1. The molecule has 0 aliphatic carbocycles.